The van der Waals surface area contributed by atoms with Crippen molar-refractivity contribution in [2.24, 2.45) is 5.92 Å². The van der Waals surface area contributed by atoms with E-state index < -0.39 is 23.5 Å². The number of hydrogen-bond donors (Lipinski definition) is 1. The first-order valence-corrected chi connectivity index (χ1v) is 6.63. The number of carbonyl (C=O) groups is 1. The maximum Gasteiger partial charge on any atom is 0.416 e. The first-order chi connectivity index (χ1) is 10.1. The zero-order valence-corrected chi connectivity index (χ0v) is 11.3. The van der Waals surface area contributed by atoms with Crippen LogP contribution in [0.5, 0.6) is 0 Å². The molecule has 0 heterocycles. The molecule has 22 heavy (non-hydrogen) atoms. The predicted octanol–water partition coefficient (Wildman–Crippen LogP) is 4.14. The summed E-state index contributed by atoms with van der Waals surface area (Å²) in [5.41, 5.74) is -2.99. The van der Waals surface area contributed by atoms with E-state index in [0.29, 0.717) is 25.0 Å². The minimum Gasteiger partial charge on any atom is -0.352 e. The average Bonchev–Trinajstić information content (AvgIpc) is 2.32. The molecule has 122 valence electrons. The second-order valence-corrected chi connectivity index (χ2v) is 5.26. The monoisotopic (exact) mass is 325 g/mol. The molecule has 1 aromatic rings. The molecule has 0 spiro atoms. The maximum atomic E-state index is 12.7. The van der Waals surface area contributed by atoms with Crippen molar-refractivity contribution >= 4 is 5.91 Å². The number of hydrogen-bond acceptors (Lipinski definition) is 1. The molecule has 2 nitrogen and oxygen atoms in total. The van der Waals surface area contributed by atoms with Gasteiger partial charge in [-0.2, -0.15) is 26.3 Å². The third-order valence-electron chi connectivity index (χ3n) is 3.59. The quantitative estimate of drug-likeness (QED) is 0.832. The van der Waals surface area contributed by atoms with E-state index >= 15 is 0 Å². The molecule has 1 fully saturated rings. The van der Waals surface area contributed by atoms with Crippen LogP contribution in [0.1, 0.15) is 36.0 Å². The molecule has 1 N–H and O–H groups in total. The van der Waals surface area contributed by atoms with Crippen molar-refractivity contribution in [3.8, 4) is 0 Å². The Morgan fingerprint density at radius 1 is 1.00 bits per heavy atom. The summed E-state index contributed by atoms with van der Waals surface area (Å²) in [6.07, 6.45) is -7.47. The van der Waals surface area contributed by atoms with Gasteiger partial charge in [-0.1, -0.05) is 6.42 Å². The molecule has 0 bridgehead atoms. The molecule has 8 heteroatoms. The second kappa shape index (κ2) is 5.81. The van der Waals surface area contributed by atoms with Gasteiger partial charge in [0, 0.05) is 12.5 Å². The fraction of sp³-hybridized carbons (Fsp3) is 0.500. The number of nitrogens with one attached hydrogen (secondary N) is 1. The van der Waals surface area contributed by atoms with Crippen LogP contribution < -0.4 is 5.32 Å². The van der Waals surface area contributed by atoms with E-state index in [-0.39, 0.29) is 30.0 Å². The number of rotatable bonds is 3. The van der Waals surface area contributed by atoms with Crippen LogP contribution in [0.4, 0.5) is 26.3 Å². The van der Waals surface area contributed by atoms with Crippen LogP contribution >= 0.6 is 0 Å². The van der Waals surface area contributed by atoms with E-state index in [9.17, 15) is 31.1 Å². The molecule has 2 rings (SSSR count). The summed E-state index contributed by atoms with van der Waals surface area (Å²) >= 11 is 0. The molecular formula is C14H13F6NO. The summed E-state index contributed by atoms with van der Waals surface area (Å²) in [4.78, 5) is 11.6. The minimum absolute atomic E-state index is 0.0667. The van der Waals surface area contributed by atoms with Crippen LogP contribution in [0.3, 0.4) is 0 Å². The average molecular weight is 325 g/mol. The topological polar surface area (TPSA) is 29.1 Å². The third-order valence-corrected chi connectivity index (χ3v) is 3.59. The van der Waals surface area contributed by atoms with E-state index in [0.717, 1.165) is 6.42 Å². The van der Waals surface area contributed by atoms with Gasteiger partial charge in [0.25, 0.3) is 0 Å². The second-order valence-electron chi connectivity index (χ2n) is 5.26. The van der Waals surface area contributed by atoms with E-state index in [1.54, 1.807) is 0 Å². The molecule has 1 amide bonds. The highest BCUT2D eigenvalue weighted by Crippen LogP contribution is 2.36. The zero-order valence-electron chi connectivity index (χ0n) is 11.3. The van der Waals surface area contributed by atoms with Crippen molar-refractivity contribution in [2.45, 2.75) is 38.2 Å². The Morgan fingerprint density at radius 3 is 1.86 bits per heavy atom. The van der Waals surface area contributed by atoms with Crippen LogP contribution in [-0.2, 0) is 23.7 Å². The van der Waals surface area contributed by atoms with Crippen molar-refractivity contribution in [3.05, 3.63) is 34.9 Å². The minimum atomic E-state index is -4.88. The highest BCUT2D eigenvalue weighted by molar-refractivity contribution is 5.79. The van der Waals surface area contributed by atoms with Gasteiger partial charge in [-0.05, 0) is 36.6 Å². The molecule has 0 radical (unpaired) electrons. The van der Waals surface area contributed by atoms with Crippen LogP contribution in [0.2, 0.25) is 0 Å². The fourth-order valence-electron chi connectivity index (χ4n) is 2.13. The fourth-order valence-corrected chi connectivity index (χ4v) is 2.13. The van der Waals surface area contributed by atoms with Crippen LogP contribution in [-0.4, -0.2) is 5.91 Å². The maximum absolute atomic E-state index is 12.7. The molecule has 1 aliphatic carbocycles. The Balaban J connectivity index is 2.20. The molecule has 0 aliphatic heterocycles. The molecule has 1 aliphatic rings. The molecule has 0 aromatic heterocycles. The number of carbonyl (C=O) groups excluding carboxylic acids is 1. The smallest absolute Gasteiger partial charge is 0.352 e. The first-order valence-electron chi connectivity index (χ1n) is 6.63. The Hall–Kier alpha value is -1.73. The lowest BCUT2D eigenvalue weighted by molar-refractivity contribution is -0.143. The Bertz CT molecular complexity index is 527. The van der Waals surface area contributed by atoms with Gasteiger partial charge in [-0.3, -0.25) is 4.79 Å². The lowest BCUT2D eigenvalue weighted by Crippen LogP contribution is -2.34. The van der Waals surface area contributed by atoms with Crippen LogP contribution in [0, 0.1) is 5.92 Å². The summed E-state index contributed by atoms with van der Waals surface area (Å²) in [6.45, 7) is -0.359. The highest BCUT2D eigenvalue weighted by Gasteiger charge is 2.37. The summed E-state index contributed by atoms with van der Waals surface area (Å²) in [5, 5.41) is 2.38. The van der Waals surface area contributed by atoms with E-state index in [1.165, 1.54) is 0 Å². The predicted molar refractivity (Wildman–Crippen MR) is 65.6 cm³/mol. The number of benzene rings is 1. The first kappa shape index (κ1) is 16.6. The lowest BCUT2D eigenvalue weighted by Gasteiger charge is -2.24. The van der Waals surface area contributed by atoms with Crippen molar-refractivity contribution in [1.82, 2.24) is 5.32 Å². The van der Waals surface area contributed by atoms with E-state index in [1.807, 2.05) is 0 Å². The lowest BCUT2D eigenvalue weighted by atomic mass is 9.85. The molecule has 1 aromatic carbocycles. The summed E-state index contributed by atoms with van der Waals surface area (Å²) < 4.78 is 76.0. The van der Waals surface area contributed by atoms with Gasteiger partial charge in [-0.25, -0.2) is 0 Å². The number of alkyl halides is 6. The van der Waals surface area contributed by atoms with Crippen molar-refractivity contribution in [2.75, 3.05) is 0 Å². The number of halogens is 6. The van der Waals surface area contributed by atoms with Gasteiger partial charge >= 0.3 is 12.4 Å². The summed E-state index contributed by atoms with van der Waals surface area (Å²) in [7, 11) is 0. The molecule has 0 unspecified atom stereocenters. The van der Waals surface area contributed by atoms with E-state index in [4.69, 9.17) is 0 Å². The Kier molecular flexibility index (Phi) is 4.39. The molecule has 1 saturated carbocycles. The van der Waals surface area contributed by atoms with Crippen LogP contribution in [0.25, 0.3) is 0 Å². The van der Waals surface area contributed by atoms with Gasteiger partial charge in [0.15, 0.2) is 0 Å². The molecule has 0 saturated heterocycles. The van der Waals surface area contributed by atoms with Crippen molar-refractivity contribution < 1.29 is 31.1 Å². The van der Waals surface area contributed by atoms with E-state index in [2.05, 4.69) is 5.32 Å². The largest absolute Gasteiger partial charge is 0.416 e. The van der Waals surface area contributed by atoms with Crippen molar-refractivity contribution in [1.29, 1.82) is 0 Å². The molecular weight excluding hydrogens is 312 g/mol. The van der Waals surface area contributed by atoms with Gasteiger partial charge in [-0.15, -0.1) is 0 Å². The van der Waals surface area contributed by atoms with Gasteiger partial charge in [0.1, 0.15) is 0 Å². The third kappa shape index (κ3) is 3.92. The van der Waals surface area contributed by atoms with Gasteiger partial charge in [0.05, 0.1) is 11.1 Å². The molecule has 0 atom stereocenters. The number of amides is 1. The zero-order chi connectivity index (χ0) is 16.5. The Morgan fingerprint density at radius 2 is 1.50 bits per heavy atom. The standard InChI is InChI=1S/C14H13F6NO/c15-13(16,17)10-4-8(5-11(6-10)14(18,19)20)7-21-12(22)9-2-1-3-9/h4-6,9H,1-3,7H2,(H,21,22). The highest BCUT2D eigenvalue weighted by atomic mass is 19.4. The Labute approximate surface area is 122 Å². The summed E-state index contributed by atoms with van der Waals surface area (Å²) in [6, 6.07) is 1.31. The van der Waals surface area contributed by atoms with Crippen molar-refractivity contribution in [3.63, 3.8) is 0 Å². The SMILES string of the molecule is O=C(NCc1cc(C(F)(F)F)cc(C(F)(F)F)c1)C1CCC1. The van der Waals surface area contributed by atoms with Crippen LogP contribution in [0.15, 0.2) is 18.2 Å². The van der Waals surface area contributed by atoms with Gasteiger partial charge < -0.3 is 5.32 Å². The normalized spacial score (nSPS) is 16.3. The summed E-state index contributed by atoms with van der Waals surface area (Å²) in [5.74, 6) is -0.523. The van der Waals surface area contributed by atoms with Gasteiger partial charge in [0.2, 0.25) is 5.91 Å².